The third kappa shape index (κ3) is 4.48. The number of piperidine rings is 1. The van der Waals surface area contributed by atoms with E-state index in [0.29, 0.717) is 6.54 Å². The summed E-state index contributed by atoms with van der Waals surface area (Å²) >= 11 is 0. The molecule has 0 aliphatic carbocycles. The van der Waals surface area contributed by atoms with Gasteiger partial charge in [0, 0.05) is 40.3 Å². The van der Waals surface area contributed by atoms with Crippen molar-refractivity contribution in [2.75, 3.05) is 40.3 Å². The SMILES string of the molecule is CN(C)C(=O)NCc1cc2n(n1)CCCN(C[C@H]1CCCNC1)C2. The van der Waals surface area contributed by atoms with Crippen molar-refractivity contribution in [1.29, 1.82) is 0 Å². The van der Waals surface area contributed by atoms with Gasteiger partial charge in [-0.3, -0.25) is 9.58 Å². The molecule has 7 heteroatoms. The molecule has 1 saturated heterocycles. The van der Waals surface area contributed by atoms with E-state index in [4.69, 9.17) is 0 Å². The minimum atomic E-state index is -0.0791. The zero-order valence-corrected chi connectivity index (χ0v) is 14.9. The average molecular weight is 334 g/mol. The van der Waals surface area contributed by atoms with Gasteiger partial charge in [0.15, 0.2) is 0 Å². The van der Waals surface area contributed by atoms with Gasteiger partial charge in [-0.05, 0) is 44.3 Å². The Labute approximate surface area is 144 Å². The fourth-order valence-corrected chi connectivity index (χ4v) is 3.60. The maximum atomic E-state index is 11.7. The third-order valence-electron chi connectivity index (χ3n) is 4.89. The molecule has 0 unspecified atom stereocenters. The molecule has 0 spiro atoms. The van der Waals surface area contributed by atoms with E-state index in [0.717, 1.165) is 44.2 Å². The standard InChI is InChI=1S/C17H30N6O/c1-21(2)17(24)19-11-15-9-16-13-22(7-4-8-23(16)20-15)12-14-5-3-6-18-10-14/h9,14,18H,3-8,10-13H2,1-2H3,(H,19,24)/t14-/m0/s1. The number of nitrogens with one attached hydrogen (secondary N) is 2. The number of aromatic nitrogens is 2. The van der Waals surface area contributed by atoms with Crippen molar-refractivity contribution >= 4 is 6.03 Å². The molecule has 1 fully saturated rings. The molecule has 0 bridgehead atoms. The van der Waals surface area contributed by atoms with Gasteiger partial charge in [-0.15, -0.1) is 0 Å². The first kappa shape index (κ1) is 17.2. The Hall–Kier alpha value is -1.60. The number of carbonyl (C=O) groups excluding carboxylic acids is 1. The van der Waals surface area contributed by atoms with E-state index in [9.17, 15) is 4.79 Å². The second kappa shape index (κ2) is 7.98. The minimum absolute atomic E-state index is 0.0791. The summed E-state index contributed by atoms with van der Waals surface area (Å²) in [6.07, 6.45) is 3.77. The molecule has 2 N–H and O–H groups in total. The first-order valence-corrected chi connectivity index (χ1v) is 9.05. The quantitative estimate of drug-likeness (QED) is 0.857. The van der Waals surface area contributed by atoms with Crippen molar-refractivity contribution in [2.24, 2.45) is 5.92 Å². The maximum Gasteiger partial charge on any atom is 0.317 e. The first-order valence-electron chi connectivity index (χ1n) is 9.05. The normalized spacial score (nSPS) is 21.8. The van der Waals surface area contributed by atoms with Gasteiger partial charge in [0.25, 0.3) is 0 Å². The topological polar surface area (TPSA) is 65.4 Å². The van der Waals surface area contributed by atoms with Crippen molar-refractivity contribution in [3.05, 3.63) is 17.5 Å². The summed E-state index contributed by atoms with van der Waals surface area (Å²) < 4.78 is 2.12. The zero-order chi connectivity index (χ0) is 16.9. The van der Waals surface area contributed by atoms with Crippen LogP contribution in [-0.4, -0.2) is 65.9 Å². The van der Waals surface area contributed by atoms with E-state index >= 15 is 0 Å². The minimum Gasteiger partial charge on any atom is -0.332 e. The van der Waals surface area contributed by atoms with Crippen LogP contribution in [0.1, 0.15) is 30.7 Å². The van der Waals surface area contributed by atoms with Gasteiger partial charge in [-0.1, -0.05) is 0 Å². The lowest BCUT2D eigenvalue weighted by atomic mass is 9.99. The van der Waals surface area contributed by atoms with Crippen LogP contribution in [0.4, 0.5) is 4.79 Å². The third-order valence-corrected chi connectivity index (χ3v) is 4.89. The van der Waals surface area contributed by atoms with Gasteiger partial charge in [0.2, 0.25) is 0 Å². The number of aryl methyl sites for hydroxylation is 1. The summed E-state index contributed by atoms with van der Waals surface area (Å²) in [5.41, 5.74) is 2.21. The molecule has 7 nitrogen and oxygen atoms in total. The molecular formula is C17H30N6O. The van der Waals surface area contributed by atoms with Crippen LogP contribution in [-0.2, 0) is 19.6 Å². The molecule has 0 radical (unpaired) electrons. The van der Waals surface area contributed by atoms with Gasteiger partial charge in [-0.25, -0.2) is 4.79 Å². The molecule has 1 atom stereocenters. The molecule has 1 aromatic rings. The molecule has 3 rings (SSSR count). The Morgan fingerprint density at radius 1 is 1.42 bits per heavy atom. The summed E-state index contributed by atoms with van der Waals surface area (Å²) in [6.45, 7) is 7.06. The van der Waals surface area contributed by atoms with Crippen molar-refractivity contribution in [3.63, 3.8) is 0 Å². The van der Waals surface area contributed by atoms with Gasteiger partial charge < -0.3 is 15.5 Å². The van der Waals surface area contributed by atoms with E-state index in [2.05, 4.69) is 31.4 Å². The number of carbonyl (C=O) groups is 1. The highest BCUT2D eigenvalue weighted by molar-refractivity contribution is 5.73. The molecule has 0 aromatic carbocycles. The second-order valence-electron chi connectivity index (χ2n) is 7.20. The monoisotopic (exact) mass is 334 g/mol. The number of urea groups is 1. The Kier molecular flexibility index (Phi) is 5.73. The summed E-state index contributed by atoms with van der Waals surface area (Å²) in [4.78, 5) is 15.8. The molecule has 24 heavy (non-hydrogen) atoms. The van der Waals surface area contributed by atoms with Crippen molar-refractivity contribution in [3.8, 4) is 0 Å². The molecule has 1 aromatic heterocycles. The molecule has 0 saturated carbocycles. The Morgan fingerprint density at radius 3 is 3.04 bits per heavy atom. The van der Waals surface area contributed by atoms with Crippen LogP contribution >= 0.6 is 0 Å². The molecule has 134 valence electrons. The largest absolute Gasteiger partial charge is 0.332 e. The predicted octanol–water partition coefficient (Wildman–Crippen LogP) is 0.860. The zero-order valence-electron chi connectivity index (χ0n) is 14.9. The van der Waals surface area contributed by atoms with Gasteiger partial charge >= 0.3 is 6.03 Å². The van der Waals surface area contributed by atoms with Crippen LogP contribution in [0.25, 0.3) is 0 Å². The van der Waals surface area contributed by atoms with E-state index in [1.807, 2.05) is 0 Å². The lowest BCUT2D eigenvalue weighted by Crippen LogP contribution is -2.38. The molecule has 2 amide bonds. The lowest BCUT2D eigenvalue weighted by Gasteiger charge is -2.29. The van der Waals surface area contributed by atoms with Gasteiger partial charge in [0.05, 0.1) is 17.9 Å². The smallest absolute Gasteiger partial charge is 0.317 e. The molecule has 2 aliphatic rings. The fourth-order valence-electron chi connectivity index (χ4n) is 3.60. The van der Waals surface area contributed by atoms with Crippen LogP contribution in [0.2, 0.25) is 0 Å². The molecular weight excluding hydrogens is 304 g/mol. The molecule has 3 heterocycles. The number of hydrogen-bond acceptors (Lipinski definition) is 4. The van der Waals surface area contributed by atoms with Gasteiger partial charge in [0.1, 0.15) is 0 Å². The maximum absolute atomic E-state index is 11.7. The van der Waals surface area contributed by atoms with Crippen molar-refractivity contribution < 1.29 is 4.79 Å². The highest BCUT2D eigenvalue weighted by Gasteiger charge is 2.21. The first-order chi connectivity index (χ1) is 11.6. The predicted molar refractivity (Wildman–Crippen MR) is 93.6 cm³/mol. The van der Waals surface area contributed by atoms with E-state index in [1.165, 1.54) is 31.6 Å². The fraction of sp³-hybridized carbons (Fsp3) is 0.765. The number of fused-ring (bicyclic) bond motifs is 1. The van der Waals surface area contributed by atoms with E-state index in [-0.39, 0.29) is 6.03 Å². The van der Waals surface area contributed by atoms with Crippen molar-refractivity contribution in [2.45, 2.75) is 38.9 Å². The number of rotatable bonds is 4. The Balaban J connectivity index is 1.57. The summed E-state index contributed by atoms with van der Waals surface area (Å²) in [5, 5.41) is 11.1. The van der Waals surface area contributed by atoms with E-state index < -0.39 is 0 Å². The second-order valence-corrected chi connectivity index (χ2v) is 7.20. The van der Waals surface area contributed by atoms with Crippen molar-refractivity contribution in [1.82, 2.24) is 30.2 Å². The highest BCUT2D eigenvalue weighted by Crippen LogP contribution is 2.18. The van der Waals surface area contributed by atoms with Crippen LogP contribution in [0, 0.1) is 5.92 Å². The summed E-state index contributed by atoms with van der Waals surface area (Å²) in [5.74, 6) is 0.770. The number of hydrogen-bond donors (Lipinski definition) is 2. The van der Waals surface area contributed by atoms with Crippen LogP contribution in [0.3, 0.4) is 0 Å². The van der Waals surface area contributed by atoms with E-state index in [1.54, 1.807) is 19.0 Å². The lowest BCUT2D eigenvalue weighted by molar-refractivity contribution is 0.203. The Bertz CT molecular complexity index is 549. The molecule has 2 aliphatic heterocycles. The van der Waals surface area contributed by atoms with Crippen LogP contribution in [0.5, 0.6) is 0 Å². The average Bonchev–Trinajstić information content (AvgIpc) is 2.85. The number of nitrogens with zero attached hydrogens (tertiary/aromatic N) is 4. The van der Waals surface area contributed by atoms with Crippen LogP contribution in [0.15, 0.2) is 6.07 Å². The van der Waals surface area contributed by atoms with Crippen LogP contribution < -0.4 is 10.6 Å². The summed E-state index contributed by atoms with van der Waals surface area (Å²) in [6, 6.07) is 2.07. The van der Waals surface area contributed by atoms with Gasteiger partial charge in [-0.2, -0.15) is 5.10 Å². The highest BCUT2D eigenvalue weighted by atomic mass is 16.2. The number of amides is 2. The Morgan fingerprint density at radius 2 is 2.29 bits per heavy atom. The summed E-state index contributed by atoms with van der Waals surface area (Å²) in [7, 11) is 3.49.